The molecule has 8 nitrogen and oxygen atoms in total. The number of likely N-dealkylation sites (tertiary alicyclic amines) is 2. The van der Waals surface area contributed by atoms with Gasteiger partial charge < -0.3 is 24.8 Å². The Kier molecular flexibility index (Phi) is 7.82. The van der Waals surface area contributed by atoms with Crippen molar-refractivity contribution in [3.05, 3.63) is 18.0 Å². The van der Waals surface area contributed by atoms with Crippen molar-refractivity contribution in [2.75, 3.05) is 38.5 Å². The molecule has 0 radical (unpaired) electrons. The number of piperidine rings is 1. The fourth-order valence-corrected chi connectivity index (χ4v) is 6.59. The molecule has 198 valence electrons. The van der Waals surface area contributed by atoms with Gasteiger partial charge in [0.05, 0.1) is 12.0 Å². The number of anilines is 1. The van der Waals surface area contributed by atoms with E-state index in [9.17, 15) is 9.90 Å². The van der Waals surface area contributed by atoms with Gasteiger partial charge in [-0.3, -0.25) is 4.79 Å². The number of carbonyl (C=O) groups is 1. The third-order valence-electron chi connectivity index (χ3n) is 8.75. The van der Waals surface area contributed by atoms with Gasteiger partial charge in [0, 0.05) is 49.5 Å². The van der Waals surface area contributed by atoms with Crippen molar-refractivity contribution < 1.29 is 9.90 Å². The van der Waals surface area contributed by atoms with Crippen LogP contribution in [0.4, 0.5) is 5.95 Å². The second-order valence-electron chi connectivity index (χ2n) is 11.6. The average molecular weight is 497 g/mol. The zero-order chi connectivity index (χ0) is 25.2. The van der Waals surface area contributed by atoms with E-state index in [-0.39, 0.29) is 12.0 Å². The smallest absolute Gasteiger partial charge is 0.227 e. The second-order valence-corrected chi connectivity index (χ2v) is 11.6. The van der Waals surface area contributed by atoms with Gasteiger partial charge in [0.25, 0.3) is 0 Å². The molecular formula is C28H44N6O2. The van der Waals surface area contributed by atoms with E-state index in [4.69, 9.17) is 9.97 Å². The summed E-state index contributed by atoms with van der Waals surface area (Å²) in [5.74, 6) is 1.64. The Labute approximate surface area is 215 Å². The minimum absolute atomic E-state index is 0.171. The number of rotatable bonds is 7. The lowest BCUT2D eigenvalue weighted by molar-refractivity contribution is -0.136. The quantitative estimate of drug-likeness (QED) is 0.599. The van der Waals surface area contributed by atoms with Gasteiger partial charge in [-0.2, -0.15) is 4.98 Å². The van der Waals surface area contributed by atoms with Gasteiger partial charge in [-0.1, -0.05) is 13.3 Å². The molecule has 0 bridgehead atoms. The van der Waals surface area contributed by atoms with Crippen LogP contribution in [0.15, 0.2) is 12.4 Å². The summed E-state index contributed by atoms with van der Waals surface area (Å²) >= 11 is 0. The van der Waals surface area contributed by atoms with E-state index in [1.165, 1.54) is 5.56 Å². The fraction of sp³-hybridized carbons (Fsp3) is 0.750. The third kappa shape index (κ3) is 5.40. The summed E-state index contributed by atoms with van der Waals surface area (Å²) in [5.41, 5.74) is 2.34. The van der Waals surface area contributed by atoms with E-state index in [1.807, 2.05) is 6.20 Å². The molecule has 0 spiro atoms. The highest BCUT2D eigenvalue weighted by Gasteiger charge is 2.33. The van der Waals surface area contributed by atoms with Crippen molar-refractivity contribution in [1.82, 2.24) is 24.3 Å². The highest BCUT2D eigenvalue weighted by molar-refractivity contribution is 5.82. The van der Waals surface area contributed by atoms with Crippen molar-refractivity contribution in [2.45, 2.75) is 95.7 Å². The first-order valence-electron chi connectivity index (χ1n) is 14.2. The Balaban J connectivity index is 1.36. The maximum atomic E-state index is 13.1. The number of fused-ring (bicyclic) bond motifs is 1. The van der Waals surface area contributed by atoms with Crippen molar-refractivity contribution in [1.29, 1.82) is 0 Å². The van der Waals surface area contributed by atoms with E-state index in [0.29, 0.717) is 29.9 Å². The number of hydrogen-bond acceptors (Lipinski definition) is 6. The molecule has 3 fully saturated rings. The molecule has 1 saturated carbocycles. The normalized spacial score (nSPS) is 27.0. The van der Waals surface area contributed by atoms with Crippen LogP contribution in [-0.2, 0) is 4.79 Å². The summed E-state index contributed by atoms with van der Waals surface area (Å²) < 4.78 is 2.37. The van der Waals surface area contributed by atoms with E-state index in [0.717, 1.165) is 95.0 Å². The number of nitrogens with zero attached hydrogens (tertiary/aromatic N) is 5. The number of aromatic nitrogens is 3. The van der Waals surface area contributed by atoms with E-state index < -0.39 is 0 Å². The average Bonchev–Trinajstić information content (AvgIpc) is 3.48. The molecule has 2 aliphatic heterocycles. The maximum Gasteiger partial charge on any atom is 0.227 e. The summed E-state index contributed by atoms with van der Waals surface area (Å²) in [5, 5.41) is 14.7. The first-order valence-corrected chi connectivity index (χ1v) is 14.2. The Morgan fingerprint density at radius 2 is 1.89 bits per heavy atom. The van der Waals surface area contributed by atoms with Crippen LogP contribution in [0.2, 0.25) is 0 Å². The predicted molar refractivity (Wildman–Crippen MR) is 143 cm³/mol. The molecule has 3 aliphatic rings. The third-order valence-corrected chi connectivity index (χ3v) is 8.75. The van der Waals surface area contributed by atoms with Gasteiger partial charge in [0.15, 0.2) is 0 Å². The second kappa shape index (κ2) is 11.1. The lowest BCUT2D eigenvalue weighted by Crippen LogP contribution is -2.42. The van der Waals surface area contributed by atoms with Crippen LogP contribution in [0.1, 0.15) is 89.2 Å². The minimum Gasteiger partial charge on any atom is -0.393 e. The number of aliphatic hydroxyl groups is 1. The zero-order valence-corrected chi connectivity index (χ0v) is 22.3. The highest BCUT2D eigenvalue weighted by atomic mass is 16.3. The van der Waals surface area contributed by atoms with Crippen LogP contribution >= 0.6 is 0 Å². The van der Waals surface area contributed by atoms with Crippen LogP contribution in [-0.4, -0.2) is 80.7 Å². The summed E-state index contributed by atoms with van der Waals surface area (Å²) in [6.07, 6.45) is 13.0. The van der Waals surface area contributed by atoms with Crippen LogP contribution in [0, 0.1) is 5.92 Å². The molecule has 2 atom stereocenters. The monoisotopic (exact) mass is 496 g/mol. The largest absolute Gasteiger partial charge is 0.393 e. The van der Waals surface area contributed by atoms with Crippen molar-refractivity contribution in [3.63, 3.8) is 0 Å². The molecule has 2 N–H and O–H groups in total. The summed E-state index contributed by atoms with van der Waals surface area (Å²) in [7, 11) is 2.11. The van der Waals surface area contributed by atoms with Gasteiger partial charge in [-0.05, 0) is 83.4 Å². The zero-order valence-electron chi connectivity index (χ0n) is 22.3. The summed E-state index contributed by atoms with van der Waals surface area (Å²) in [6.45, 7) is 7.97. The molecule has 2 aromatic rings. The molecule has 5 rings (SSSR count). The number of carbonyl (C=O) groups excluding carboxylic acids is 1. The molecule has 1 unspecified atom stereocenters. The lowest BCUT2D eigenvalue weighted by atomic mass is 9.89. The van der Waals surface area contributed by atoms with Crippen LogP contribution in [0.3, 0.4) is 0 Å². The highest BCUT2D eigenvalue weighted by Crippen LogP contribution is 2.38. The molecule has 1 amide bonds. The molecule has 36 heavy (non-hydrogen) atoms. The predicted octanol–water partition coefficient (Wildman–Crippen LogP) is 4.17. The summed E-state index contributed by atoms with van der Waals surface area (Å²) in [4.78, 5) is 27.2. The molecule has 2 saturated heterocycles. The standard InChI is InChI=1S/C28H44N6O2/c1-4-5-19(2)30-28-29-16-24-25(18-34(26(24)31-28)22-6-8-23(35)9-7-22)20-11-14-33(15-12-20)27(36)21-10-13-32(3)17-21/h16,18-23,35H,4-15,17H2,1-3H3,(H,29,30,31)/t19-,21?,22?,23?/m0/s1. The number of hydrogen-bond donors (Lipinski definition) is 2. The molecule has 4 heterocycles. The first kappa shape index (κ1) is 25.5. The topological polar surface area (TPSA) is 86.5 Å². The van der Waals surface area contributed by atoms with Crippen molar-refractivity contribution >= 4 is 22.9 Å². The van der Waals surface area contributed by atoms with Crippen molar-refractivity contribution in [3.8, 4) is 0 Å². The van der Waals surface area contributed by atoms with Gasteiger partial charge in [-0.25, -0.2) is 4.98 Å². The molecule has 0 aromatic carbocycles. The number of amides is 1. The van der Waals surface area contributed by atoms with Crippen LogP contribution < -0.4 is 5.32 Å². The summed E-state index contributed by atoms with van der Waals surface area (Å²) in [6, 6.07) is 0.697. The molecule has 1 aliphatic carbocycles. The van der Waals surface area contributed by atoms with E-state index >= 15 is 0 Å². The van der Waals surface area contributed by atoms with Gasteiger partial charge in [0.2, 0.25) is 11.9 Å². The Bertz CT molecular complexity index is 1040. The van der Waals surface area contributed by atoms with E-state index in [1.54, 1.807) is 0 Å². The van der Waals surface area contributed by atoms with Crippen LogP contribution in [0.25, 0.3) is 11.0 Å². The number of aliphatic hydroxyl groups excluding tert-OH is 1. The SMILES string of the molecule is CCC[C@H](C)Nc1ncc2c(C3CCN(C(=O)C4CCN(C)C4)CC3)cn(C3CCC(O)CC3)c2n1. The first-order chi connectivity index (χ1) is 17.4. The van der Waals surface area contributed by atoms with Crippen molar-refractivity contribution in [2.24, 2.45) is 5.92 Å². The Morgan fingerprint density at radius 1 is 1.14 bits per heavy atom. The van der Waals surface area contributed by atoms with Gasteiger partial charge >= 0.3 is 0 Å². The fourth-order valence-electron chi connectivity index (χ4n) is 6.59. The minimum atomic E-state index is -0.175. The maximum absolute atomic E-state index is 13.1. The molecule has 2 aromatic heterocycles. The van der Waals surface area contributed by atoms with Gasteiger partial charge in [-0.15, -0.1) is 0 Å². The Hall–Kier alpha value is -2.19. The Morgan fingerprint density at radius 3 is 2.56 bits per heavy atom. The number of nitrogens with one attached hydrogen (secondary N) is 1. The van der Waals surface area contributed by atoms with E-state index in [2.05, 4.69) is 46.8 Å². The molecular weight excluding hydrogens is 452 g/mol. The van der Waals surface area contributed by atoms with Gasteiger partial charge in [0.1, 0.15) is 5.65 Å². The molecule has 8 heteroatoms. The lowest BCUT2D eigenvalue weighted by Gasteiger charge is -2.33. The van der Waals surface area contributed by atoms with Crippen LogP contribution in [0.5, 0.6) is 0 Å².